The predicted molar refractivity (Wildman–Crippen MR) is 57.3 cm³/mol. The Morgan fingerprint density at radius 3 is 3.12 bits per heavy atom. The SMILES string of the molecule is CCOC(=O)c1coc(-n2cc(Br)cn2)n1. The lowest BCUT2D eigenvalue weighted by atomic mass is 10.5. The van der Waals surface area contributed by atoms with Gasteiger partial charge in [-0.3, -0.25) is 0 Å². The van der Waals surface area contributed by atoms with Crippen molar-refractivity contribution in [3.63, 3.8) is 0 Å². The van der Waals surface area contributed by atoms with Crippen molar-refractivity contribution in [1.29, 1.82) is 0 Å². The third-order valence-electron chi connectivity index (χ3n) is 1.72. The molecule has 0 aliphatic rings. The van der Waals surface area contributed by atoms with Crippen LogP contribution < -0.4 is 0 Å². The van der Waals surface area contributed by atoms with E-state index in [-0.39, 0.29) is 11.7 Å². The van der Waals surface area contributed by atoms with Gasteiger partial charge in [0.1, 0.15) is 6.26 Å². The maximum absolute atomic E-state index is 11.3. The summed E-state index contributed by atoms with van der Waals surface area (Å²) in [6, 6.07) is 0.216. The number of rotatable bonds is 3. The van der Waals surface area contributed by atoms with E-state index in [2.05, 4.69) is 26.0 Å². The predicted octanol–water partition coefficient (Wildman–Crippen LogP) is 1.80. The number of ether oxygens (including phenoxy) is 1. The quantitative estimate of drug-likeness (QED) is 0.805. The van der Waals surface area contributed by atoms with Gasteiger partial charge in [-0.2, -0.15) is 14.8 Å². The molecule has 0 aliphatic carbocycles. The van der Waals surface area contributed by atoms with E-state index < -0.39 is 5.97 Å². The second-order valence-corrected chi connectivity index (χ2v) is 3.75. The molecule has 2 rings (SSSR count). The molecule has 2 heterocycles. The molecule has 0 aromatic carbocycles. The number of carbonyl (C=O) groups excluding carboxylic acids is 1. The van der Waals surface area contributed by atoms with Gasteiger partial charge in [-0.15, -0.1) is 0 Å². The van der Waals surface area contributed by atoms with Crippen LogP contribution in [-0.2, 0) is 4.74 Å². The van der Waals surface area contributed by atoms with Crippen molar-refractivity contribution in [1.82, 2.24) is 14.8 Å². The van der Waals surface area contributed by atoms with E-state index >= 15 is 0 Å². The Hall–Kier alpha value is -1.63. The van der Waals surface area contributed by atoms with Crippen LogP contribution in [0, 0.1) is 0 Å². The first-order chi connectivity index (χ1) is 7.70. The molecular formula is C9H8BrN3O3. The minimum atomic E-state index is -0.510. The minimum absolute atomic E-state index is 0.128. The average Bonchev–Trinajstić information content (AvgIpc) is 2.85. The smallest absolute Gasteiger partial charge is 0.360 e. The Bertz CT molecular complexity index is 506. The van der Waals surface area contributed by atoms with Crippen LogP contribution in [0.15, 0.2) is 27.5 Å². The van der Waals surface area contributed by atoms with Crippen LogP contribution >= 0.6 is 15.9 Å². The molecule has 0 saturated heterocycles. The monoisotopic (exact) mass is 285 g/mol. The van der Waals surface area contributed by atoms with Gasteiger partial charge in [-0.05, 0) is 22.9 Å². The Morgan fingerprint density at radius 1 is 1.69 bits per heavy atom. The van der Waals surface area contributed by atoms with Crippen LogP contribution in [0.2, 0.25) is 0 Å². The molecule has 0 amide bonds. The molecule has 2 aromatic heterocycles. The number of carbonyl (C=O) groups is 1. The number of nitrogens with zero attached hydrogens (tertiary/aromatic N) is 3. The Balaban J connectivity index is 2.22. The number of aromatic nitrogens is 3. The molecule has 0 bridgehead atoms. The van der Waals surface area contributed by atoms with Crippen molar-refractivity contribution < 1.29 is 13.9 Å². The normalized spacial score (nSPS) is 10.4. The van der Waals surface area contributed by atoms with E-state index in [1.165, 1.54) is 10.9 Å². The highest BCUT2D eigenvalue weighted by atomic mass is 79.9. The molecule has 0 atom stereocenters. The molecule has 0 spiro atoms. The maximum Gasteiger partial charge on any atom is 0.360 e. The number of esters is 1. The molecule has 7 heteroatoms. The molecule has 84 valence electrons. The van der Waals surface area contributed by atoms with Crippen molar-refractivity contribution in [3.05, 3.63) is 28.8 Å². The summed E-state index contributed by atoms with van der Waals surface area (Å²) in [6.45, 7) is 2.03. The Labute approximate surface area is 99.3 Å². The van der Waals surface area contributed by atoms with Crippen molar-refractivity contribution >= 4 is 21.9 Å². The van der Waals surface area contributed by atoms with Gasteiger partial charge in [-0.1, -0.05) is 0 Å². The zero-order valence-electron chi connectivity index (χ0n) is 8.38. The largest absolute Gasteiger partial charge is 0.461 e. The molecule has 0 unspecified atom stereocenters. The molecule has 0 fully saturated rings. The lowest BCUT2D eigenvalue weighted by molar-refractivity contribution is 0.0519. The molecule has 16 heavy (non-hydrogen) atoms. The van der Waals surface area contributed by atoms with Crippen LogP contribution in [0.1, 0.15) is 17.4 Å². The summed E-state index contributed by atoms with van der Waals surface area (Å²) in [5.41, 5.74) is 0.128. The maximum atomic E-state index is 11.3. The zero-order valence-corrected chi connectivity index (χ0v) is 9.97. The van der Waals surface area contributed by atoms with Gasteiger partial charge in [0.25, 0.3) is 0 Å². The second-order valence-electron chi connectivity index (χ2n) is 2.84. The summed E-state index contributed by atoms with van der Waals surface area (Å²) in [6.07, 6.45) is 4.50. The van der Waals surface area contributed by atoms with Crippen LogP contribution in [-0.4, -0.2) is 27.3 Å². The van der Waals surface area contributed by atoms with Crippen molar-refractivity contribution in [2.45, 2.75) is 6.92 Å². The lowest BCUT2D eigenvalue weighted by Crippen LogP contribution is -2.05. The van der Waals surface area contributed by atoms with Gasteiger partial charge in [0.15, 0.2) is 5.69 Å². The lowest BCUT2D eigenvalue weighted by Gasteiger charge is -1.95. The van der Waals surface area contributed by atoms with E-state index in [4.69, 9.17) is 9.15 Å². The molecule has 0 saturated carbocycles. The van der Waals surface area contributed by atoms with Gasteiger partial charge in [0.2, 0.25) is 0 Å². The first kappa shape index (κ1) is 10.9. The van der Waals surface area contributed by atoms with Gasteiger partial charge in [0.05, 0.1) is 17.3 Å². The van der Waals surface area contributed by atoms with Crippen LogP contribution in [0.5, 0.6) is 0 Å². The first-order valence-electron chi connectivity index (χ1n) is 4.54. The second kappa shape index (κ2) is 4.48. The van der Waals surface area contributed by atoms with E-state index in [1.54, 1.807) is 19.3 Å². The third kappa shape index (κ3) is 2.13. The Kier molecular flexibility index (Phi) is 3.04. The highest BCUT2D eigenvalue weighted by Crippen LogP contribution is 2.12. The van der Waals surface area contributed by atoms with Crippen molar-refractivity contribution in [2.24, 2.45) is 0 Å². The summed E-state index contributed by atoms with van der Waals surface area (Å²) < 4.78 is 12.1. The first-order valence-corrected chi connectivity index (χ1v) is 5.33. The number of hydrogen-bond donors (Lipinski definition) is 0. The molecule has 0 aliphatic heterocycles. The summed E-state index contributed by atoms with van der Waals surface area (Å²) in [5.74, 6) is -0.510. The summed E-state index contributed by atoms with van der Waals surface area (Å²) in [5, 5.41) is 3.97. The van der Waals surface area contributed by atoms with Crippen LogP contribution in [0.3, 0.4) is 0 Å². The molecule has 0 N–H and O–H groups in total. The fourth-order valence-electron chi connectivity index (χ4n) is 1.07. The summed E-state index contributed by atoms with van der Waals surface area (Å²) in [4.78, 5) is 15.3. The highest BCUT2D eigenvalue weighted by Gasteiger charge is 2.14. The van der Waals surface area contributed by atoms with E-state index in [1.807, 2.05) is 0 Å². The van der Waals surface area contributed by atoms with Gasteiger partial charge in [-0.25, -0.2) is 4.79 Å². The molecular weight excluding hydrogens is 278 g/mol. The molecule has 6 nitrogen and oxygen atoms in total. The van der Waals surface area contributed by atoms with Gasteiger partial charge < -0.3 is 9.15 Å². The van der Waals surface area contributed by atoms with Crippen molar-refractivity contribution in [3.8, 4) is 6.01 Å². The molecule has 0 radical (unpaired) electrons. The van der Waals surface area contributed by atoms with E-state index in [9.17, 15) is 4.79 Å². The van der Waals surface area contributed by atoms with E-state index in [0.29, 0.717) is 6.61 Å². The van der Waals surface area contributed by atoms with Crippen LogP contribution in [0.4, 0.5) is 0 Å². The molecule has 2 aromatic rings. The Morgan fingerprint density at radius 2 is 2.50 bits per heavy atom. The average molecular weight is 286 g/mol. The third-order valence-corrected chi connectivity index (χ3v) is 2.13. The zero-order chi connectivity index (χ0) is 11.5. The summed E-state index contributed by atoms with van der Waals surface area (Å²) >= 11 is 3.25. The number of hydrogen-bond acceptors (Lipinski definition) is 5. The van der Waals surface area contributed by atoms with Gasteiger partial charge >= 0.3 is 12.0 Å². The summed E-state index contributed by atoms with van der Waals surface area (Å²) in [7, 11) is 0. The minimum Gasteiger partial charge on any atom is -0.461 e. The van der Waals surface area contributed by atoms with E-state index in [0.717, 1.165) is 4.47 Å². The van der Waals surface area contributed by atoms with Gasteiger partial charge in [0, 0.05) is 6.20 Å². The topological polar surface area (TPSA) is 70.2 Å². The van der Waals surface area contributed by atoms with Crippen LogP contribution in [0.25, 0.3) is 6.01 Å². The fraction of sp³-hybridized carbons (Fsp3) is 0.222. The highest BCUT2D eigenvalue weighted by molar-refractivity contribution is 9.10. The number of oxazole rings is 1. The standard InChI is InChI=1S/C9H8BrN3O3/c1-2-15-8(14)7-5-16-9(12-7)13-4-6(10)3-11-13/h3-5H,2H2,1H3. The fourth-order valence-corrected chi connectivity index (χ4v) is 1.36. The number of halogens is 1. The van der Waals surface area contributed by atoms with Crippen molar-refractivity contribution in [2.75, 3.05) is 6.61 Å².